The number of aromatic nitrogens is 1. The van der Waals surface area contributed by atoms with Gasteiger partial charge in [-0.15, -0.1) is 0 Å². The van der Waals surface area contributed by atoms with Crippen LogP contribution in [0.3, 0.4) is 0 Å². The number of carbonyl (C=O) groups excluding carboxylic acids is 1. The molecule has 1 unspecified atom stereocenters. The first-order valence-corrected chi connectivity index (χ1v) is 5.84. The van der Waals surface area contributed by atoms with E-state index in [9.17, 15) is 9.18 Å². The third kappa shape index (κ3) is 3.28. The largest absolute Gasteiger partial charge is 0.399 e. The molecule has 0 aliphatic rings. The number of nitrogen functional groups attached to an aromatic ring is 1. The third-order valence-electron chi connectivity index (χ3n) is 2.72. The van der Waals surface area contributed by atoms with Gasteiger partial charge in [-0.25, -0.2) is 9.37 Å². The Labute approximate surface area is 110 Å². The second-order valence-electron chi connectivity index (χ2n) is 4.23. The van der Waals surface area contributed by atoms with Gasteiger partial charge in [0.15, 0.2) is 0 Å². The van der Waals surface area contributed by atoms with Crippen LogP contribution in [0.4, 0.5) is 10.1 Å². The molecular formula is C14H14FN3O. The van der Waals surface area contributed by atoms with Crippen molar-refractivity contribution >= 4 is 11.6 Å². The van der Waals surface area contributed by atoms with Gasteiger partial charge in [0.05, 0.1) is 12.2 Å². The highest BCUT2D eigenvalue weighted by atomic mass is 19.1. The minimum Gasteiger partial charge on any atom is -0.399 e. The Kier molecular flexibility index (Phi) is 3.75. The lowest BCUT2D eigenvalue weighted by molar-refractivity contribution is 0.0935. The highest BCUT2D eigenvalue weighted by molar-refractivity contribution is 5.92. The molecule has 4 nitrogen and oxygen atoms in total. The smallest absolute Gasteiger partial charge is 0.270 e. The van der Waals surface area contributed by atoms with Gasteiger partial charge in [-0.3, -0.25) is 4.79 Å². The van der Waals surface area contributed by atoms with Crippen molar-refractivity contribution in [1.29, 1.82) is 0 Å². The molecular weight excluding hydrogens is 245 g/mol. The number of rotatable bonds is 3. The predicted octanol–water partition coefficient (Wildman–Crippen LogP) is 2.29. The van der Waals surface area contributed by atoms with Gasteiger partial charge in [-0.2, -0.15) is 0 Å². The number of nitrogens with zero attached hydrogens (tertiary/aromatic N) is 1. The Morgan fingerprint density at radius 1 is 1.37 bits per heavy atom. The first-order valence-electron chi connectivity index (χ1n) is 5.84. The highest BCUT2D eigenvalue weighted by Crippen LogP contribution is 2.15. The lowest BCUT2D eigenvalue weighted by atomic mass is 10.1. The Bertz CT molecular complexity index is 583. The van der Waals surface area contributed by atoms with E-state index in [0.717, 1.165) is 11.8 Å². The molecule has 1 amide bonds. The van der Waals surface area contributed by atoms with Crippen LogP contribution in [0.15, 0.2) is 42.6 Å². The van der Waals surface area contributed by atoms with E-state index in [1.807, 2.05) is 19.1 Å². The molecule has 1 aromatic heterocycles. The summed E-state index contributed by atoms with van der Waals surface area (Å²) in [6, 6.07) is 9.61. The van der Waals surface area contributed by atoms with Crippen molar-refractivity contribution in [1.82, 2.24) is 10.3 Å². The zero-order valence-electron chi connectivity index (χ0n) is 10.4. The first-order chi connectivity index (χ1) is 9.06. The summed E-state index contributed by atoms with van der Waals surface area (Å²) in [6.07, 6.45) is 1.01. The van der Waals surface area contributed by atoms with Gasteiger partial charge in [0.1, 0.15) is 11.5 Å². The highest BCUT2D eigenvalue weighted by Gasteiger charge is 2.12. The van der Waals surface area contributed by atoms with Crippen molar-refractivity contribution in [3.63, 3.8) is 0 Å². The third-order valence-corrected chi connectivity index (χ3v) is 2.72. The molecule has 98 valence electrons. The van der Waals surface area contributed by atoms with Gasteiger partial charge in [-0.05, 0) is 36.8 Å². The molecule has 0 saturated carbocycles. The SMILES string of the molecule is CC(NC(=O)c1ccc(F)cn1)c1cccc(N)c1. The van der Waals surface area contributed by atoms with Crippen LogP contribution in [0, 0.1) is 5.82 Å². The van der Waals surface area contributed by atoms with E-state index in [-0.39, 0.29) is 17.6 Å². The molecule has 0 aliphatic heterocycles. The maximum Gasteiger partial charge on any atom is 0.270 e. The summed E-state index contributed by atoms with van der Waals surface area (Å²) in [7, 11) is 0. The fourth-order valence-electron chi connectivity index (χ4n) is 1.69. The Balaban J connectivity index is 2.08. The van der Waals surface area contributed by atoms with Gasteiger partial charge in [-0.1, -0.05) is 12.1 Å². The molecule has 2 rings (SSSR count). The molecule has 0 radical (unpaired) electrons. The van der Waals surface area contributed by atoms with Crippen LogP contribution in [0.25, 0.3) is 0 Å². The number of amides is 1. The summed E-state index contributed by atoms with van der Waals surface area (Å²) in [5.41, 5.74) is 7.40. The standard InChI is InChI=1S/C14H14FN3O/c1-9(10-3-2-4-12(16)7-10)18-14(19)13-6-5-11(15)8-17-13/h2-9H,16H2,1H3,(H,18,19). The van der Waals surface area contributed by atoms with Crippen LogP contribution in [-0.2, 0) is 0 Å². The summed E-state index contributed by atoms with van der Waals surface area (Å²) >= 11 is 0. The quantitative estimate of drug-likeness (QED) is 0.831. The van der Waals surface area contributed by atoms with Crippen LogP contribution in [-0.4, -0.2) is 10.9 Å². The molecule has 3 N–H and O–H groups in total. The Morgan fingerprint density at radius 3 is 2.79 bits per heavy atom. The fraction of sp³-hybridized carbons (Fsp3) is 0.143. The van der Waals surface area contributed by atoms with E-state index < -0.39 is 5.82 Å². The molecule has 0 spiro atoms. The average molecular weight is 259 g/mol. The van der Waals surface area contributed by atoms with E-state index in [4.69, 9.17) is 5.73 Å². The maximum absolute atomic E-state index is 12.7. The van der Waals surface area contributed by atoms with E-state index in [1.165, 1.54) is 12.1 Å². The topological polar surface area (TPSA) is 68.0 Å². The number of anilines is 1. The molecule has 0 bridgehead atoms. The summed E-state index contributed by atoms with van der Waals surface area (Å²) in [4.78, 5) is 15.6. The van der Waals surface area contributed by atoms with Crippen molar-refractivity contribution in [3.05, 3.63) is 59.7 Å². The number of hydrogen-bond acceptors (Lipinski definition) is 3. The van der Waals surface area contributed by atoms with E-state index >= 15 is 0 Å². The van der Waals surface area contributed by atoms with Crippen LogP contribution in [0.5, 0.6) is 0 Å². The number of hydrogen-bond donors (Lipinski definition) is 2. The summed E-state index contributed by atoms with van der Waals surface area (Å²) < 4.78 is 12.7. The van der Waals surface area contributed by atoms with E-state index in [0.29, 0.717) is 5.69 Å². The van der Waals surface area contributed by atoms with E-state index in [2.05, 4.69) is 10.3 Å². The fourth-order valence-corrected chi connectivity index (χ4v) is 1.69. The molecule has 1 aromatic carbocycles. The molecule has 0 aliphatic carbocycles. The minimum atomic E-state index is -0.472. The maximum atomic E-state index is 12.7. The Morgan fingerprint density at radius 2 is 2.16 bits per heavy atom. The van der Waals surface area contributed by atoms with Crippen LogP contribution < -0.4 is 11.1 Å². The number of benzene rings is 1. The predicted molar refractivity (Wildman–Crippen MR) is 70.9 cm³/mol. The molecule has 1 atom stereocenters. The summed E-state index contributed by atoms with van der Waals surface area (Å²) in [6.45, 7) is 1.84. The van der Waals surface area contributed by atoms with Gasteiger partial charge >= 0.3 is 0 Å². The number of nitrogens with one attached hydrogen (secondary N) is 1. The molecule has 1 heterocycles. The monoisotopic (exact) mass is 259 g/mol. The molecule has 5 heteroatoms. The van der Waals surface area contributed by atoms with E-state index in [1.54, 1.807) is 12.1 Å². The van der Waals surface area contributed by atoms with Crippen molar-refractivity contribution < 1.29 is 9.18 Å². The second kappa shape index (κ2) is 5.48. The van der Waals surface area contributed by atoms with Gasteiger partial charge in [0, 0.05) is 5.69 Å². The van der Waals surface area contributed by atoms with Crippen LogP contribution in [0.1, 0.15) is 29.0 Å². The van der Waals surface area contributed by atoms with Gasteiger partial charge in [0.2, 0.25) is 0 Å². The normalized spacial score (nSPS) is 11.9. The summed E-state index contributed by atoms with van der Waals surface area (Å²) in [5, 5.41) is 2.78. The summed E-state index contributed by atoms with van der Waals surface area (Å²) in [5.74, 6) is -0.824. The first kappa shape index (κ1) is 13.0. The minimum absolute atomic E-state index is 0.178. The molecule has 0 saturated heterocycles. The van der Waals surface area contributed by atoms with Crippen molar-refractivity contribution in [2.45, 2.75) is 13.0 Å². The van der Waals surface area contributed by atoms with Crippen molar-refractivity contribution in [2.75, 3.05) is 5.73 Å². The number of pyridine rings is 1. The lowest BCUT2D eigenvalue weighted by Crippen LogP contribution is -2.27. The van der Waals surface area contributed by atoms with Gasteiger partial charge in [0.25, 0.3) is 5.91 Å². The zero-order chi connectivity index (χ0) is 13.8. The molecule has 19 heavy (non-hydrogen) atoms. The van der Waals surface area contributed by atoms with Crippen LogP contribution >= 0.6 is 0 Å². The lowest BCUT2D eigenvalue weighted by Gasteiger charge is -2.14. The van der Waals surface area contributed by atoms with Crippen molar-refractivity contribution in [3.8, 4) is 0 Å². The zero-order valence-corrected chi connectivity index (χ0v) is 10.4. The number of carbonyl (C=O) groups is 1. The number of nitrogens with two attached hydrogens (primary N) is 1. The molecule has 0 fully saturated rings. The Hall–Kier alpha value is -2.43. The van der Waals surface area contributed by atoms with Crippen LogP contribution in [0.2, 0.25) is 0 Å². The van der Waals surface area contributed by atoms with Crippen molar-refractivity contribution in [2.24, 2.45) is 0 Å². The second-order valence-corrected chi connectivity index (χ2v) is 4.23. The number of halogens is 1. The average Bonchev–Trinajstić information content (AvgIpc) is 2.39. The van der Waals surface area contributed by atoms with Gasteiger partial charge < -0.3 is 11.1 Å². The molecule has 2 aromatic rings.